The fourth-order valence-corrected chi connectivity index (χ4v) is 3.59. The van der Waals surface area contributed by atoms with Crippen molar-refractivity contribution in [1.29, 1.82) is 0 Å². The monoisotopic (exact) mass is 508 g/mol. The average Bonchev–Trinajstić information content (AvgIpc) is 3.15. The zero-order chi connectivity index (χ0) is 23.7. The molecule has 1 aromatic heterocycles. The Morgan fingerprint density at radius 3 is 2.41 bits per heavy atom. The van der Waals surface area contributed by atoms with Crippen molar-refractivity contribution in [2.45, 2.75) is 45.3 Å². The van der Waals surface area contributed by atoms with E-state index >= 15 is 0 Å². The molecule has 0 aliphatic heterocycles. The molecule has 8 nitrogen and oxygen atoms in total. The first-order chi connectivity index (χ1) is 15.1. The molecule has 9 heteroatoms. The molecule has 0 radical (unpaired) electrons. The van der Waals surface area contributed by atoms with Crippen molar-refractivity contribution in [3.05, 3.63) is 58.3 Å². The maximum absolute atomic E-state index is 13.0. The summed E-state index contributed by atoms with van der Waals surface area (Å²) in [4.78, 5) is 40.9. The number of nitrogens with one attached hydrogen (secondary N) is 1. The van der Waals surface area contributed by atoms with Crippen molar-refractivity contribution < 1.29 is 28.6 Å². The van der Waals surface area contributed by atoms with Gasteiger partial charge in [0.05, 0.1) is 11.2 Å². The summed E-state index contributed by atoms with van der Waals surface area (Å²) >= 11 is 3.40. The van der Waals surface area contributed by atoms with Gasteiger partial charge in [-0.15, -0.1) is 0 Å². The van der Waals surface area contributed by atoms with E-state index in [0.717, 1.165) is 15.7 Å². The van der Waals surface area contributed by atoms with Gasteiger partial charge >= 0.3 is 12.1 Å². The van der Waals surface area contributed by atoms with E-state index in [2.05, 4.69) is 20.9 Å². The summed E-state index contributed by atoms with van der Waals surface area (Å²) in [5.74, 6) is -1.05. The van der Waals surface area contributed by atoms with Gasteiger partial charge in [0.2, 0.25) is 0 Å². The molecule has 0 saturated heterocycles. The molecule has 2 unspecified atom stereocenters. The van der Waals surface area contributed by atoms with Crippen molar-refractivity contribution in [2.24, 2.45) is 0 Å². The third-order valence-corrected chi connectivity index (χ3v) is 4.95. The number of ether oxygens (including phenoxy) is 3. The average molecular weight is 509 g/mol. The van der Waals surface area contributed by atoms with Gasteiger partial charge in [-0.3, -0.25) is 14.5 Å². The second-order valence-electron chi connectivity index (χ2n) is 8.12. The summed E-state index contributed by atoms with van der Waals surface area (Å²) < 4.78 is 16.8. The van der Waals surface area contributed by atoms with Gasteiger partial charge in [-0.1, -0.05) is 30.3 Å². The van der Waals surface area contributed by atoms with Crippen LogP contribution in [0.2, 0.25) is 0 Å². The number of benzene rings is 1. The molecule has 2 rings (SSSR count). The Morgan fingerprint density at radius 2 is 1.88 bits per heavy atom. The van der Waals surface area contributed by atoms with Gasteiger partial charge in [0.15, 0.2) is 0 Å². The molecule has 0 saturated carbocycles. The first-order valence-electron chi connectivity index (χ1n) is 10.3. The number of carbonyl (C=O) groups is 3. The fourth-order valence-electron chi connectivity index (χ4n) is 3.21. The zero-order valence-corrected chi connectivity index (χ0v) is 20.3. The van der Waals surface area contributed by atoms with Crippen LogP contribution in [-0.2, 0) is 23.8 Å². The number of H-pyrrole nitrogens is 1. The van der Waals surface area contributed by atoms with Crippen LogP contribution >= 0.6 is 15.9 Å². The lowest BCUT2D eigenvalue weighted by atomic mass is 9.90. The number of hydrogen-bond donors (Lipinski definition) is 1. The molecule has 32 heavy (non-hydrogen) atoms. The fraction of sp³-hybridized carbons (Fsp3) is 0.435. The predicted molar refractivity (Wildman–Crippen MR) is 122 cm³/mol. The van der Waals surface area contributed by atoms with Gasteiger partial charge in [-0.25, -0.2) is 4.79 Å². The Hall–Kier alpha value is -2.81. The van der Waals surface area contributed by atoms with E-state index in [0.29, 0.717) is 6.47 Å². The topological polar surface area (TPSA) is 97.9 Å². The van der Waals surface area contributed by atoms with Gasteiger partial charge in [-0.2, -0.15) is 0 Å². The summed E-state index contributed by atoms with van der Waals surface area (Å²) in [5, 5.41) is 0. The van der Waals surface area contributed by atoms with Gasteiger partial charge in [0, 0.05) is 18.7 Å². The minimum atomic E-state index is -0.755. The minimum Gasteiger partial charge on any atom is -0.465 e. The number of aromatic nitrogens is 1. The number of halogens is 1. The maximum atomic E-state index is 13.0. The standard InChI is InChI=1S/C23H29BrN2O6/c1-5-30-20(28)14-26(22(29)32-23(2,3)4)13-18(17-11-19(24)25-12-17)21(31-15-27)16-9-7-6-8-10-16/h6-12,15,18,21,25H,5,13-14H2,1-4H3. The van der Waals surface area contributed by atoms with Crippen molar-refractivity contribution in [3.8, 4) is 0 Å². The van der Waals surface area contributed by atoms with Crippen LogP contribution in [0.15, 0.2) is 47.2 Å². The highest BCUT2D eigenvalue weighted by atomic mass is 79.9. The van der Waals surface area contributed by atoms with Crippen molar-refractivity contribution in [1.82, 2.24) is 9.88 Å². The van der Waals surface area contributed by atoms with Crippen molar-refractivity contribution >= 4 is 34.5 Å². The number of carbonyl (C=O) groups excluding carboxylic acids is 3. The van der Waals surface area contributed by atoms with E-state index in [1.807, 2.05) is 36.4 Å². The first kappa shape index (κ1) is 25.5. The summed E-state index contributed by atoms with van der Waals surface area (Å²) in [6, 6.07) is 11.1. The van der Waals surface area contributed by atoms with Crippen LogP contribution in [0.25, 0.3) is 0 Å². The van der Waals surface area contributed by atoms with Crippen molar-refractivity contribution in [3.63, 3.8) is 0 Å². The van der Waals surface area contributed by atoms with Crippen molar-refractivity contribution in [2.75, 3.05) is 19.7 Å². The largest absolute Gasteiger partial charge is 0.465 e. The van der Waals surface area contributed by atoms with E-state index in [9.17, 15) is 14.4 Å². The highest BCUT2D eigenvalue weighted by Gasteiger charge is 2.33. The second kappa shape index (κ2) is 11.7. The molecule has 2 atom stereocenters. The van der Waals surface area contributed by atoms with Crippen LogP contribution in [0.3, 0.4) is 0 Å². The molecule has 1 amide bonds. The summed E-state index contributed by atoms with van der Waals surface area (Å²) in [6.45, 7) is 7.26. The van der Waals surface area contributed by atoms with Gasteiger partial charge in [0.25, 0.3) is 6.47 Å². The summed E-state index contributed by atoms with van der Waals surface area (Å²) in [5.41, 5.74) is 0.779. The van der Waals surface area contributed by atoms with Gasteiger partial charge < -0.3 is 19.2 Å². The van der Waals surface area contributed by atoms with Crippen LogP contribution in [-0.4, -0.2) is 53.7 Å². The van der Waals surface area contributed by atoms with Crippen LogP contribution in [0, 0.1) is 0 Å². The molecule has 1 aromatic carbocycles. The molecule has 0 aliphatic carbocycles. The molecule has 0 spiro atoms. The lowest BCUT2D eigenvalue weighted by molar-refractivity contribution is -0.145. The Morgan fingerprint density at radius 1 is 1.19 bits per heavy atom. The third-order valence-electron chi connectivity index (χ3n) is 4.49. The lowest BCUT2D eigenvalue weighted by Crippen LogP contribution is -2.43. The van der Waals surface area contributed by atoms with Gasteiger partial charge in [0.1, 0.15) is 18.2 Å². The number of rotatable bonds is 10. The molecule has 0 fully saturated rings. The normalized spacial score (nSPS) is 13.0. The van der Waals surface area contributed by atoms with E-state index in [1.54, 1.807) is 33.9 Å². The number of amides is 1. The Labute approximate surface area is 196 Å². The lowest BCUT2D eigenvalue weighted by Gasteiger charge is -2.32. The highest BCUT2D eigenvalue weighted by molar-refractivity contribution is 9.10. The number of aromatic amines is 1. The zero-order valence-electron chi connectivity index (χ0n) is 18.7. The smallest absolute Gasteiger partial charge is 0.410 e. The van der Waals surface area contributed by atoms with E-state index < -0.39 is 29.7 Å². The minimum absolute atomic E-state index is 0.0470. The molecule has 1 heterocycles. The van der Waals surface area contributed by atoms with Crippen LogP contribution in [0.1, 0.15) is 50.8 Å². The number of hydrogen-bond acceptors (Lipinski definition) is 6. The SMILES string of the molecule is CCOC(=O)CN(CC(c1c[nH]c(Br)c1)C(OC=O)c1ccccc1)C(=O)OC(C)(C)C. The Kier molecular flexibility index (Phi) is 9.31. The molecule has 174 valence electrons. The van der Waals surface area contributed by atoms with Crippen LogP contribution in [0.4, 0.5) is 4.79 Å². The highest BCUT2D eigenvalue weighted by Crippen LogP contribution is 2.36. The molecular formula is C23H29BrN2O6. The van der Waals surface area contributed by atoms with Crippen LogP contribution < -0.4 is 0 Å². The number of esters is 1. The molecule has 0 aliphatic rings. The van der Waals surface area contributed by atoms with Crippen LogP contribution in [0.5, 0.6) is 0 Å². The quantitative estimate of drug-likeness (QED) is 0.286. The van der Waals surface area contributed by atoms with E-state index in [1.165, 1.54) is 4.90 Å². The molecular weight excluding hydrogens is 480 g/mol. The van der Waals surface area contributed by atoms with E-state index in [-0.39, 0.29) is 19.7 Å². The summed E-state index contributed by atoms with van der Waals surface area (Å²) in [7, 11) is 0. The van der Waals surface area contributed by atoms with Gasteiger partial charge in [-0.05, 0) is 60.8 Å². The van der Waals surface area contributed by atoms with E-state index in [4.69, 9.17) is 14.2 Å². The Bertz CT molecular complexity index is 893. The second-order valence-corrected chi connectivity index (χ2v) is 8.97. The molecule has 1 N–H and O–H groups in total. The third kappa shape index (κ3) is 7.71. The first-order valence-corrected chi connectivity index (χ1v) is 11.0. The number of nitrogens with zero attached hydrogens (tertiary/aromatic N) is 1. The predicted octanol–water partition coefficient (Wildman–Crippen LogP) is 4.58. The molecule has 2 aromatic rings. The maximum Gasteiger partial charge on any atom is 0.410 e. The summed E-state index contributed by atoms with van der Waals surface area (Å²) in [6.07, 6.45) is 0.392. The Balaban J connectivity index is 2.45. The molecule has 0 bridgehead atoms.